The van der Waals surface area contributed by atoms with E-state index < -0.39 is 5.97 Å². The molecule has 0 unspecified atom stereocenters. The highest BCUT2D eigenvalue weighted by Gasteiger charge is 2.12. The Bertz CT molecular complexity index is 902. The molecular weight excluding hydrogens is 347 g/mol. The molecule has 0 N–H and O–H groups in total. The van der Waals surface area contributed by atoms with Crippen molar-refractivity contribution in [3.05, 3.63) is 75.4 Å². The minimum absolute atomic E-state index is 0.106. The summed E-state index contributed by atoms with van der Waals surface area (Å²) >= 11 is 12.0. The van der Waals surface area contributed by atoms with Gasteiger partial charge in [0.25, 0.3) is 0 Å². The van der Waals surface area contributed by atoms with Gasteiger partial charge >= 0.3 is 0 Å². The standard InChI is InChI=1S/C18H14Cl2N2O2/c1-11-2-5-13(6-3-11)17-9-16(18(23)24)21-22(17)10-12-4-7-14(19)15(20)8-12/h2-9H,10H2,1H3,(H,23,24)/p-1. The van der Waals surface area contributed by atoms with Gasteiger partial charge in [0.05, 0.1) is 28.3 Å². The van der Waals surface area contributed by atoms with Gasteiger partial charge in [0.15, 0.2) is 0 Å². The van der Waals surface area contributed by atoms with Crippen LogP contribution in [0.2, 0.25) is 10.0 Å². The maximum absolute atomic E-state index is 11.2. The smallest absolute Gasteiger partial charge is 0.108 e. The van der Waals surface area contributed by atoms with Crippen LogP contribution in [0, 0.1) is 6.92 Å². The van der Waals surface area contributed by atoms with Crippen LogP contribution in [0.4, 0.5) is 0 Å². The molecule has 0 bridgehead atoms. The van der Waals surface area contributed by atoms with E-state index in [2.05, 4.69) is 5.10 Å². The molecule has 4 nitrogen and oxygen atoms in total. The second kappa shape index (κ2) is 6.67. The van der Waals surface area contributed by atoms with Gasteiger partial charge in [-0.25, -0.2) is 0 Å². The third kappa shape index (κ3) is 3.45. The average molecular weight is 360 g/mol. The summed E-state index contributed by atoms with van der Waals surface area (Å²) in [6.07, 6.45) is 0. The van der Waals surface area contributed by atoms with Crippen molar-refractivity contribution in [2.24, 2.45) is 0 Å². The fourth-order valence-electron chi connectivity index (χ4n) is 2.40. The number of benzene rings is 2. The third-order valence-corrected chi connectivity index (χ3v) is 4.39. The maximum Gasteiger partial charge on any atom is 0.108 e. The van der Waals surface area contributed by atoms with Crippen LogP contribution in [0.25, 0.3) is 11.3 Å². The van der Waals surface area contributed by atoms with Crippen LogP contribution >= 0.6 is 23.2 Å². The second-order valence-electron chi connectivity index (χ2n) is 5.47. The van der Waals surface area contributed by atoms with Crippen molar-refractivity contribution in [2.75, 3.05) is 0 Å². The highest BCUT2D eigenvalue weighted by molar-refractivity contribution is 6.42. The average Bonchev–Trinajstić information content (AvgIpc) is 2.96. The number of nitrogens with zero attached hydrogens (tertiary/aromatic N) is 2. The Balaban J connectivity index is 2.03. The summed E-state index contributed by atoms with van der Waals surface area (Å²) in [6, 6.07) is 14.6. The van der Waals surface area contributed by atoms with Crippen molar-refractivity contribution in [1.82, 2.24) is 9.78 Å². The number of carboxylic acids is 1. The molecule has 2 aromatic carbocycles. The zero-order valence-corrected chi connectivity index (χ0v) is 14.3. The van der Waals surface area contributed by atoms with Crippen LogP contribution in [0.3, 0.4) is 0 Å². The highest BCUT2D eigenvalue weighted by atomic mass is 35.5. The van der Waals surface area contributed by atoms with Gasteiger partial charge in [0.1, 0.15) is 5.69 Å². The molecule has 3 aromatic rings. The summed E-state index contributed by atoms with van der Waals surface area (Å²) in [6.45, 7) is 2.36. The fourth-order valence-corrected chi connectivity index (χ4v) is 2.73. The van der Waals surface area contributed by atoms with E-state index in [0.29, 0.717) is 22.3 Å². The quantitative estimate of drug-likeness (QED) is 0.715. The molecule has 0 saturated heterocycles. The molecule has 0 aliphatic rings. The molecule has 0 atom stereocenters. The van der Waals surface area contributed by atoms with E-state index in [0.717, 1.165) is 16.7 Å². The summed E-state index contributed by atoms with van der Waals surface area (Å²) in [5.41, 5.74) is 3.45. The largest absolute Gasteiger partial charge is 0.543 e. The summed E-state index contributed by atoms with van der Waals surface area (Å²) in [7, 11) is 0. The van der Waals surface area contributed by atoms with Crippen molar-refractivity contribution in [3.63, 3.8) is 0 Å². The lowest BCUT2D eigenvalue weighted by molar-refractivity contribution is -0.255. The molecule has 0 aliphatic carbocycles. The number of aromatic carboxylic acids is 1. The summed E-state index contributed by atoms with van der Waals surface area (Å²) < 4.78 is 1.62. The van der Waals surface area contributed by atoms with Gasteiger partial charge in [-0.1, -0.05) is 59.1 Å². The normalized spacial score (nSPS) is 10.8. The summed E-state index contributed by atoms with van der Waals surface area (Å²) in [5, 5.41) is 16.2. The van der Waals surface area contributed by atoms with E-state index >= 15 is 0 Å². The molecule has 0 fully saturated rings. The van der Waals surface area contributed by atoms with Crippen LogP contribution in [-0.2, 0) is 6.54 Å². The lowest BCUT2D eigenvalue weighted by atomic mass is 10.1. The minimum Gasteiger partial charge on any atom is -0.543 e. The van der Waals surface area contributed by atoms with Crippen LogP contribution < -0.4 is 5.11 Å². The predicted octanol–water partition coefficient (Wildman–Crippen LogP) is 3.58. The first-order valence-corrected chi connectivity index (χ1v) is 8.00. The van der Waals surface area contributed by atoms with Crippen molar-refractivity contribution >= 4 is 29.2 Å². The lowest BCUT2D eigenvalue weighted by Gasteiger charge is -2.09. The number of aromatic nitrogens is 2. The van der Waals surface area contributed by atoms with Crippen LogP contribution in [-0.4, -0.2) is 15.7 Å². The maximum atomic E-state index is 11.2. The zero-order chi connectivity index (χ0) is 17.3. The molecule has 0 amide bonds. The van der Waals surface area contributed by atoms with Gasteiger partial charge in [-0.15, -0.1) is 0 Å². The van der Waals surface area contributed by atoms with E-state index in [1.165, 1.54) is 6.07 Å². The van der Waals surface area contributed by atoms with Crippen molar-refractivity contribution in [3.8, 4) is 11.3 Å². The SMILES string of the molecule is Cc1ccc(-c2cc(C(=O)[O-])nn2Cc2ccc(Cl)c(Cl)c2)cc1. The van der Waals surface area contributed by atoms with Gasteiger partial charge in [-0.2, -0.15) is 5.10 Å². The molecule has 3 rings (SSSR count). The monoisotopic (exact) mass is 359 g/mol. The molecule has 24 heavy (non-hydrogen) atoms. The van der Waals surface area contributed by atoms with E-state index in [1.807, 2.05) is 37.3 Å². The first-order chi connectivity index (χ1) is 11.4. The van der Waals surface area contributed by atoms with Gasteiger partial charge in [-0.3, -0.25) is 4.68 Å². The topological polar surface area (TPSA) is 57.9 Å². The minimum atomic E-state index is -1.31. The Morgan fingerprint density at radius 1 is 1.08 bits per heavy atom. The predicted molar refractivity (Wildman–Crippen MR) is 92.3 cm³/mol. The van der Waals surface area contributed by atoms with E-state index in [9.17, 15) is 9.90 Å². The van der Waals surface area contributed by atoms with E-state index in [1.54, 1.807) is 16.8 Å². The van der Waals surface area contributed by atoms with Crippen LogP contribution in [0.1, 0.15) is 21.6 Å². The summed E-state index contributed by atoms with van der Waals surface area (Å²) in [5.74, 6) is -1.31. The third-order valence-electron chi connectivity index (χ3n) is 3.65. The number of hydrogen-bond acceptors (Lipinski definition) is 3. The number of carboxylic acid groups (broad SMARTS) is 1. The van der Waals surface area contributed by atoms with E-state index in [-0.39, 0.29) is 5.69 Å². The Morgan fingerprint density at radius 2 is 1.79 bits per heavy atom. The molecule has 0 radical (unpaired) electrons. The highest BCUT2D eigenvalue weighted by Crippen LogP contribution is 2.25. The van der Waals surface area contributed by atoms with Crippen molar-refractivity contribution in [1.29, 1.82) is 0 Å². The first-order valence-electron chi connectivity index (χ1n) is 7.24. The molecule has 0 saturated carbocycles. The van der Waals surface area contributed by atoms with Gasteiger partial charge < -0.3 is 9.90 Å². The Hall–Kier alpha value is -2.30. The Kier molecular flexibility index (Phi) is 4.60. The molecule has 1 heterocycles. The summed E-state index contributed by atoms with van der Waals surface area (Å²) in [4.78, 5) is 11.2. The van der Waals surface area contributed by atoms with Crippen molar-refractivity contribution < 1.29 is 9.90 Å². The zero-order valence-electron chi connectivity index (χ0n) is 12.8. The van der Waals surface area contributed by atoms with Crippen LogP contribution in [0.5, 0.6) is 0 Å². The van der Waals surface area contributed by atoms with E-state index in [4.69, 9.17) is 23.2 Å². The molecule has 0 aliphatic heterocycles. The number of hydrogen-bond donors (Lipinski definition) is 0. The Labute approximate surface area is 149 Å². The first kappa shape index (κ1) is 16.6. The number of halogens is 2. The number of carbonyl (C=O) groups excluding carboxylic acids is 1. The second-order valence-corrected chi connectivity index (χ2v) is 6.29. The number of aryl methyl sites for hydroxylation is 1. The lowest BCUT2D eigenvalue weighted by Crippen LogP contribution is -2.23. The molecule has 6 heteroatoms. The van der Waals surface area contributed by atoms with Gasteiger partial charge in [0.2, 0.25) is 0 Å². The van der Waals surface area contributed by atoms with Gasteiger partial charge in [-0.05, 0) is 36.2 Å². The molecule has 122 valence electrons. The van der Waals surface area contributed by atoms with Crippen LogP contribution in [0.15, 0.2) is 48.5 Å². The number of rotatable bonds is 4. The fraction of sp³-hybridized carbons (Fsp3) is 0.111. The molecular formula is C18H13Cl2N2O2-. The Morgan fingerprint density at radius 3 is 2.42 bits per heavy atom. The number of carbonyl (C=O) groups is 1. The molecule has 0 spiro atoms. The van der Waals surface area contributed by atoms with Gasteiger partial charge in [0, 0.05) is 0 Å². The molecule has 1 aromatic heterocycles. The van der Waals surface area contributed by atoms with Crippen molar-refractivity contribution in [2.45, 2.75) is 13.5 Å².